The van der Waals surface area contributed by atoms with Crippen LogP contribution in [0.25, 0.3) is 22.2 Å². The maximum absolute atomic E-state index is 5.76. The third kappa shape index (κ3) is 1.27. The maximum Gasteiger partial charge on any atom is 0.121 e. The number of nitrogens with two attached hydrogens (primary N) is 1. The highest BCUT2D eigenvalue weighted by atomic mass is 15.3. The minimum absolute atomic E-state index is 0.668. The molecule has 80 valence electrons. The first-order valence-electron chi connectivity index (χ1n) is 5.11. The van der Waals surface area contributed by atoms with Crippen LogP contribution in [0.5, 0.6) is 0 Å². The number of hydrogen-bond acceptors (Lipinski definition) is 2. The van der Waals surface area contributed by atoms with E-state index in [0.717, 1.165) is 16.8 Å². The normalized spacial score (nSPS) is 11.1. The average Bonchev–Trinajstić information content (AvgIpc) is 2.85. The predicted octanol–water partition coefficient (Wildman–Crippen LogP) is 2.15. The highest BCUT2D eigenvalue weighted by Crippen LogP contribution is 2.23. The monoisotopic (exact) mass is 212 g/mol. The molecule has 2 heterocycles. The SMILES string of the molecule is Cn1nc(-c2ccc3cc[nH]c3c2)cc1N. The first kappa shape index (κ1) is 9.03. The van der Waals surface area contributed by atoms with E-state index in [1.807, 2.05) is 25.4 Å². The zero-order valence-electron chi connectivity index (χ0n) is 8.94. The molecule has 0 radical (unpaired) electrons. The predicted molar refractivity (Wildman–Crippen MR) is 64.9 cm³/mol. The lowest BCUT2D eigenvalue weighted by atomic mass is 10.1. The number of H-pyrrole nitrogens is 1. The van der Waals surface area contributed by atoms with Crippen molar-refractivity contribution >= 4 is 16.7 Å². The van der Waals surface area contributed by atoms with Gasteiger partial charge in [-0.3, -0.25) is 4.68 Å². The second kappa shape index (κ2) is 3.13. The van der Waals surface area contributed by atoms with E-state index < -0.39 is 0 Å². The lowest BCUT2D eigenvalue weighted by Crippen LogP contribution is -1.96. The second-order valence-corrected chi connectivity index (χ2v) is 3.86. The van der Waals surface area contributed by atoms with Gasteiger partial charge in [-0.15, -0.1) is 0 Å². The number of rotatable bonds is 1. The fraction of sp³-hybridized carbons (Fsp3) is 0.0833. The van der Waals surface area contributed by atoms with Crippen LogP contribution in [0.15, 0.2) is 36.5 Å². The smallest absolute Gasteiger partial charge is 0.121 e. The number of nitrogens with zero attached hydrogens (tertiary/aromatic N) is 2. The minimum atomic E-state index is 0.668. The lowest BCUT2D eigenvalue weighted by Gasteiger charge is -1.96. The highest BCUT2D eigenvalue weighted by Gasteiger charge is 2.05. The number of anilines is 1. The van der Waals surface area contributed by atoms with E-state index in [1.54, 1.807) is 4.68 Å². The molecule has 0 aliphatic carbocycles. The average molecular weight is 212 g/mol. The standard InChI is InChI=1S/C12H12N4/c1-16-12(13)7-11(15-16)9-3-2-8-4-5-14-10(8)6-9/h2-7,14H,13H2,1H3. The third-order valence-electron chi connectivity index (χ3n) is 2.77. The molecular formula is C12H12N4. The van der Waals surface area contributed by atoms with Gasteiger partial charge in [-0.2, -0.15) is 5.10 Å². The molecule has 0 amide bonds. The first-order valence-corrected chi connectivity index (χ1v) is 5.11. The van der Waals surface area contributed by atoms with Crippen LogP contribution < -0.4 is 5.73 Å². The molecule has 0 aliphatic rings. The molecule has 3 rings (SSSR count). The van der Waals surface area contributed by atoms with Crippen LogP contribution in [0.3, 0.4) is 0 Å². The first-order chi connectivity index (χ1) is 7.74. The van der Waals surface area contributed by atoms with Gasteiger partial charge < -0.3 is 10.7 Å². The van der Waals surface area contributed by atoms with Crippen LogP contribution in [0.2, 0.25) is 0 Å². The molecule has 0 unspecified atom stereocenters. The molecule has 1 aromatic carbocycles. The maximum atomic E-state index is 5.76. The number of fused-ring (bicyclic) bond motifs is 1. The quantitative estimate of drug-likeness (QED) is 0.649. The fourth-order valence-corrected chi connectivity index (χ4v) is 1.83. The summed E-state index contributed by atoms with van der Waals surface area (Å²) in [5, 5.41) is 5.55. The summed E-state index contributed by atoms with van der Waals surface area (Å²) in [6.07, 6.45) is 1.93. The Morgan fingerprint density at radius 2 is 2.12 bits per heavy atom. The Balaban J connectivity index is 2.17. The molecule has 16 heavy (non-hydrogen) atoms. The van der Waals surface area contributed by atoms with Crippen molar-refractivity contribution in [2.24, 2.45) is 7.05 Å². The highest BCUT2D eigenvalue weighted by molar-refractivity contribution is 5.84. The van der Waals surface area contributed by atoms with Crippen molar-refractivity contribution in [1.29, 1.82) is 0 Å². The summed E-state index contributed by atoms with van der Waals surface area (Å²) < 4.78 is 1.67. The van der Waals surface area contributed by atoms with E-state index >= 15 is 0 Å². The fourth-order valence-electron chi connectivity index (χ4n) is 1.83. The number of hydrogen-bond donors (Lipinski definition) is 2. The zero-order valence-corrected chi connectivity index (χ0v) is 8.94. The summed E-state index contributed by atoms with van der Waals surface area (Å²) in [5.74, 6) is 0.668. The topological polar surface area (TPSA) is 59.6 Å². The number of aryl methyl sites for hydroxylation is 1. The molecule has 0 spiro atoms. The van der Waals surface area contributed by atoms with Crippen LogP contribution in [0.1, 0.15) is 0 Å². The number of nitrogens with one attached hydrogen (secondary N) is 1. The third-order valence-corrected chi connectivity index (χ3v) is 2.77. The summed E-state index contributed by atoms with van der Waals surface area (Å²) >= 11 is 0. The van der Waals surface area contributed by atoms with Gasteiger partial charge >= 0.3 is 0 Å². The van der Waals surface area contributed by atoms with Gasteiger partial charge in [0, 0.05) is 30.4 Å². The Kier molecular flexibility index (Phi) is 1.77. The Hall–Kier alpha value is -2.23. The Labute approximate surface area is 92.7 Å². The molecule has 3 N–H and O–H groups in total. The zero-order chi connectivity index (χ0) is 11.1. The van der Waals surface area contributed by atoms with Crippen LogP contribution in [0, 0.1) is 0 Å². The Morgan fingerprint density at radius 1 is 1.25 bits per heavy atom. The summed E-state index contributed by atoms with van der Waals surface area (Å²) in [6, 6.07) is 10.1. The van der Waals surface area contributed by atoms with Crippen molar-refractivity contribution in [3.63, 3.8) is 0 Å². The largest absolute Gasteiger partial charge is 0.384 e. The van der Waals surface area contributed by atoms with E-state index in [-0.39, 0.29) is 0 Å². The molecule has 0 fully saturated rings. The lowest BCUT2D eigenvalue weighted by molar-refractivity contribution is 0.782. The van der Waals surface area contributed by atoms with Gasteiger partial charge in [0.15, 0.2) is 0 Å². The number of aromatic nitrogens is 3. The Morgan fingerprint density at radius 3 is 2.88 bits per heavy atom. The van der Waals surface area contributed by atoms with Crippen molar-refractivity contribution in [1.82, 2.24) is 14.8 Å². The van der Waals surface area contributed by atoms with Crippen molar-refractivity contribution in [3.8, 4) is 11.3 Å². The van der Waals surface area contributed by atoms with Crippen LogP contribution >= 0.6 is 0 Å². The van der Waals surface area contributed by atoms with E-state index in [0.29, 0.717) is 5.82 Å². The molecule has 0 atom stereocenters. The van der Waals surface area contributed by atoms with Crippen molar-refractivity contribution in [3.05, 3.63) is 36.5 Å². The van der Waals surface area contributed by atoms with Crippen molar-refractivity contribution < 1.29 is 0 Å². The summed E-state index contributed by atoms with van der Waals surface area (Å²) in [4.78, 5) is 3.19. The van der Waals surface area contributed by atoms with Gasteiger partial charge in [-0.25, -0.2) is 0 Å². The molecule has 3 aromatic rings. The molecule has 0 saturated carbocycles. The van der Waals surface area contributed by atoms with E-state index in [2.05, 4.69) is 28.3 Å². The number of aromatic amines is 1. The summed E-state index contributed by atoms with van der Waals surface area (Å²) in [6.45, 7) is 0. The summed E-state index contributed by atoms with van der Waals surface area (Å²) in [5.41, 5.74) is 8.85. The molecule has 0 bridgehead atoms. The van der Waals surface area contributed by atoms with Crippen molar-refractivity contribution in [2.45, 2.75) is 0 Å². The molecule has 4 nitrogen and oxygen atoms in total. The number of benzene rings is 1. The van der Waals surface area contributed by atoms with Gasteiger partial charge in [0.1, 0.15) is 5.82 Å². The molecular weight excluding hydrogens is 200 g/mol. The molecule has 4 heteroatoms. The molecule has 0 aliphatic heterocycles. The van der Waals surface area contributed by atoms with Gasteiger partial charge in [0.25, 0.3) is 0 Å². The van der Waals surface area contributed by atoms with Gasteiger partial charge in [0.2, 0.25) is 0 Å². The van der Waals surface area contributed by atoms with E-state index in [9.17, 15) is 0 Å². The van der Waals surface area contributed by atoms with Crippen LogP contribution in [-0.2, 0) is 7.05 Å². The number of nitrogen functional groups attached to an aromatic ring is 1. The Bertz CT molecular complexity index is 628. The van der Waals surface area contributed by atoms with Gasteiger partial charge in [-0.05, 0) is 17.5 Å². The minimum Gasteiger partial charge on any atom is -0.384 e. The molecule has 0 saturated heterocycles. The summed E-state index contributed by atoms with van der Waals surface area (Å²) in [7, 11) is 1.84. The van der Waals surface area contributed by atoms with E-state index in [4.69, 9.17) is 5.73 Å². The van der Waals surface area contributed by atoms with Gasteiger partial charge in [0.05, 0.1) is 5.69 Å². The second-order valence-electron chi connectivity index (χ2n) is 3.86. The van der Waals surface area contributed by atoms with Crippen molar-refractivity contribution in [2.75, 3.05) is 5.73 Å². The van der Waals surface area contributed by atoms with E-state index in [1.165, 1.54) is 5.39 Å². The molecule has 2 aromatic heterocycles. The van der Waals surface area contributed by atoms with Crippen LogP contribution in [-0.4, -0.2) is 14.8 Å². The van der Waals surface area contributed by atoms with Crippen LogP contribution in [0.4, 0.5) is 5.82 Å². The van der Waals surface area contributed by atoms with Gasteiger partial charge in [-0.1, -0.05) is 12.1 Å².